The minimum Gasteiger partial charge on any atom is -0.427 e. The van der Waals surface area contributed by atoms with Crippen molar-refractivity contribution >= 4 is 33.6 Å². The summed E-state index contributed by atoms with van der Waals surface area (Å²) in [5.74, 6) is 0.0376. The number of ether oxygens (including phenoxy) is 1. The van der Waals surface area contributed by atoms with Crippen LogP contribution in [-0.4, -0.2) is 25.8 Å². The highest BCUT2D eigenvalue weighted by atomic mass is 16.6. The standard InChI is InChI=1S/C24H16N4O4/c1-14(29)32-18-6-7-21-19(12-18)23-22(16-8-10-25-11-9-16)20(13-26-24(23)27-21)15-2-4-17(5-3-15)28(30)31/h2-13H,1H3,(H,26,27). The number of nitrogens with zero attached hydrogens (tertiary/aromatic N) is 3. The quantitative estimate of drug-likeness (QED) is 0.182. The molecule has 0 amide bonds. The van der Waals surface area contributed by atoms with Gasteiger partial charge in [0.1, 0.15) is 11.4 Å². The van der Waals surface area contributed by atoms with Crippen LogP contribution >= 0.6 is 0 Å². The van der Waals surface area contributed by atoms with Gasteiger partial charge in [0.2, 0.25) is 0 Å². The van der Waals surface area contributed by atoms with Crippen LogP contribution in [-0.2, 0) is 4.79 Å². The van der Waals surface area contributed by atoms with Crippen molar-refractivity contribution in [3.63, 3.8) is 0 Å². The van der Waals surface area contributed by atoms with Crippen molar-refractivity contribution in [2.45, 2.75) is 6.92 Å². The first kappa shape index (κ1) is 19.4. The topological polar surface area (TPSA) is 111 Å². The molecule has 0 aliphatic carbocycles. The lowest BCUT2D eigenvalue weighted by Gasteiger charge is -2.12. The molecule has 5 aromatic rings. The molecule has 0 fully saturated rings. The van der Waals surface area contributed by atoms with Crippen molar-refractivity contribution in [3.8, 4) is 28.0 Å². The Bertz CT molecular complexity index is 1490. The second-order valence-electron chi connectivity index (χ2n) is 7.24. The average Bonchev–Trinajstić information content (AvgIpc) is 3.16. The summed E-state index contributed by atoms with van der Waals surface area (Å²) in [6.45, 7) is 1.36. The molecule has 8 heteroatoms. The molecule has 2 aromatic carbocycles. The second-order valence-corrected chi connectivity index (χ2v) is 7.24. The summed E-state index contributed by atoms with van der Waals surface area (Å²) in [6, 6.07) is 15.6. The largest absolute Gasteiger partial charge is 0.427 e. The maximum atomic E-state index is 11.5. The van der Waals surface area contributed by atoms with E-state index in [0.29, 0.717) is 11.4 Å². The van der Waals surface area contributed by atoms with Crippen molar-refractivity contribution in [1.29, 1.82) is 0 Å². The fourth-order valence-corrected chi connectivity index (χ4v) is 3.86. The third-order valence-electron chi connectivity index (χ3n) is 5.21. The Morgan fingerprint density at radius 1 is 1.03 bits per heavy atom. The Morgan fingerprint density at radius 3 is 2.47 bits per heavy atom. The number of pyridine rings is 2. The summed E-state index contributed by atoms with van der Waals surface area (Å²) in [5.41, 5.74) is 4.97. The number of nitro benzene ring substituents is 1. The molecule has 0 atom stereocenters. The highest BCUT2D eigenvalue weighted by molar-refractivity contribution is 6.16. The summed E-state index contributed by atoms with van der Waals surface area (Å²) in [7, 11) is 0. The number of nitrogens with one attached hydrogen (secondary N) is 1. The van der Waals surface area contributed by atoms with E-state index in [4.69, 9.17) is 4.74 Å². The van der Waals surface area contributed by atoms with Crippen LogP contribution in [0.15, 0.2) is 73.2 Å². The molecular weight excluding hydrogens is 408 g/mol. The molecule has 0 unspecified atom stereocenters. The van der Waals surface area contributed by atoms with Crippen LogP contribution in [0.4, 0.5) is 5.69 Å². The predicted molar refractivity (Wildman–Crippen MR) is 120 cm³/mol. The van der Waals surface area contributed by atoms with Crippen LogP contribution in [0.3, 0.4) is 0 Å². The molecule has 156 valence electrons. The van der Waals surface area contributed by atoms with Crippen molar-refractivity contribution in [2.24, 2.45) is 0 Å². The summed E-state index contributed by atoms with van der Waals surface area (Å²) >= 11 is 0. The molecule has 1 N–H and O–H groups in total. The Labute approximate surface area is 181 Å². The molecule has 0 radical (unpaired) electrons. The lowest BCUT2D eigenvalue weighted by molar-refractivity contribution is -0.384. The van der Waals surface area contributed by atoms with Gasteiger partial charge in [-0.25, -0.2) is 4.98 Å². The van der Waals surface area contributed by atoms with Gasteiger partial charge in [0.25, 0.3) is 5.69 Å². The van der Waals surface area contributed by atoms with Gasteiger partial charge in [-0.15, -0.1) is 0 Å². The third-order valence-corrected chi connectivity index (χ3v) is 5.21. The smallest absolute Gasteiger partial charge is 0.308 e. The first-order chi connectivity index (χ1) is 15.5. The normalized spacial score (nSPS) is 11.0. The number of non-ortho nitro benzene ring substituents is 1. The van der Waals surface area contributed by atoms with Crippen LogP contribution in [0.5, 0.6) is 5.75 Å². The number of carbonyl (C=O) groups excluding carboxylic acids is 1. The van der Waals surface area contributed by atoms with Crippen LogP contribution in [0, 0.1) is 10.1 Å². The van der Waals surface area contributed by atoms with E-state index in [2.05, 4.69) is 15.0 Å². The summed E-state index contributed by atoms with van der Waals surface area (Å²) in [4.78, 5) is 34.2. The molecule has 0 aliphatic rings. The lowest BCUT2D eigenvalue weighted by atomic mass is 9.93. The summed E-state index contributed by atoms with van der Waals surface area (Å²) in [6.07, 6.45) is 5.17. The molecule has 3 aromatic heterocycles. The maximum absolute atomic E-state index is 11.5. The highest BCUT2D eigenvalue weighted by Crippen LogP contribution is 2.41. The van der Waals surface area contributed by atoms with E-state index >= 15 is 0 Å². The first-order valence-electron chi connectivity index (χ1n) is 9.79. The van der Waals surface area contributed by atoms with Gasteiger partial charge in [0.05, 0.1) is 4.92 Å². The van der Waals surface area contributed by atoms with E-state index in [0.717, 1.165) is 38.5 Å². The van der Waals surface area contributed by atoms with Gasteiger partial charge in [0.15, 0.2) is 0 Å². The number of benzene rings is 2. The number of esters is 1. The third kappa shape index (κ3) is 3.33. The number of rotatable bonds is 4. The molecule has 3 heterocycles. The number of carbonyl (C=O) groups is 1. The van der Waals surface area contributed by atoms with E-state index in [1.165, 1.54) is 19.1 Å². The second kappa shape index (κ2) is 7.59. The Morgan fingerprint density at radius 2 is 1.78 bits per heavy atom. The van der Waals surface area contributed by atoms with Gasteiger partial charge in [-0.05, 0) is 53.6 Å². The van der Waals surface area contributed by atoms with Crippen LogP contribution in [0.2, 0.25) is 0 Å². The molecule has 32 heavy (non-hydrogen) atoms. The fraction of sp³-hybridized carbons (Fsp3) is 0.0417. The summed E-state index contributed by atoms with van der Waals surface area (Å²) < 4.78 is 5.29. The maximum Gasteiger partial charge on any atom is 0.308 e. The van der Waals surface area contributed by atoms with Gasteiger partial charge in [-0.3, -0.25) is 19.9 Å². The molecule has 0 aliphatic heterocycles. The Hall–Kier alpha value is -4.59. The number of H-pyrrole nitrogens is 1. The molecular formula is C24H16N4O4. The predicted octanol–water partition coefficient (Wildman–Crippen LogP) is 5.28. The fourth-order valence-electron chi connectivity index (χ4n) is 3.86. The van der Waals surface area contributed by atoms with Crippen LogP contribution in [0.1, 0.15) is 6.92 Å². The molecule has 0 saturated heterocycles. The van der Waals surface area contributed by atoms with Gasteiger partial charge in [-0.1, -0.05) is 0 Å². The molecule has 0 bridgehead atoms. The number of aromatic amines is 1. The monoisotopic (exact) mass is 424 g/mol. The van der Waals surface area contributed by atoms with Crippen molar-refractivity contribution in [2.75, 3.05) is 0 Å². The molecule has 8 nitrogen and oxygen atoms in total. The number of hydrogen-bond acceptors (Lipinski definition) is 6. The van der Waals surface area contributed by atoms with Crippen molar-refractivity contribution in [1.82, 2.24) is 15.0 Å². The highest BCUT2D eigenvalue weighted by Gasteiger charge is 2.18. The SMILES string of the molecule is CC(=O)Oc1ccc2[nH]c3ncc(-c4ccc([N+](=O)[O-])cc4)c(-c4ccncc4)c3c2c1. The van der Waals surface area contributed by atoms with Gasteiger partial charge in [0, 0.05) is 65.1 Å². The number of aromatic nitrogens is 3. The Kier molecular flexibility index (Phi) is 4.59. The van der Waals surface area contributed by atoms with Crippen LogP contribution < -0.4 is 4.74 Å². The molecule has 5 rings (SSSR count). The van der Waals surface area contributed by atoms with E-state index < -0.39 is 10.9 Å². The van der Waals surface area contributed by atoms with Crippen LogP contribution in [0.25, 0.3) is 44.2 Å². The van der Waals surface area contributed by atoms with Gasteiger partial charge in [-0.2, -0.15) is 0 Å². The van der Waals surface area contributed by atoms with Gasteiger partial charge < -0.3 is 9.72 Å². The zero-order valence-corrected chi connectivity index (χ0v) is 16.9. The number of fused-ring (bicyclic) bond motifs is 3. The lowest BCUT2D eigenvalue weighted by Crippen LogP contribution is -2.00. The first-order valence-corrected chi connectivity index (χ1v) is 9.79. The van der Waals surface area contributed by atoms with Crippen molar-refractivity contribution in [3.05, 3.63) is 83.3 Å². The molecule has 0 saturated carbocycles. The van der Waals surface area contributed by atoms with Crippen molar-refractivity contribution < 1.29 is 14.5 Å². The zero-order chi connectivity index (χ0) is 22.2. The van der Waals surface area contributed by atoms with E-state index in [1.807, 2.05) is 24.3 Å². The van der Waals surface area contributed by atoms with E-state index in [9.17, 15) is 14.9 Å². The Balaban J connectivity index is 1.83. The number of nitro groups is 1. The molecule has 0 spiro atoms. The zero-order valence-electron chi connectivity index (χ0n) is 16.9. The minimum absolute atomic E-state index is 0.0198. The number of hydrogen-bond donors (Lipinski definition) is 1. The van der Waals surface area contributed by atoms with E-state index in [-0.39, 0.29) is 5.69 Å². The van der Waals surface area contributed by atoms with Gasteiger partial charge >= 0.3 is 5.97 Å². The average molecular weight is 424 g/mol. The van der Waals surface area contributed by atoms with E-state index in [1.54, 1.807) is 36.8 Å². The summed E-state index contributed by atoms with van der Waals surface area (Å²) in [5, 5.41) is 12.8. The minimum atomic E-state index is -0.425.